The molecule has 0 aromatic heterocycles. The Balaban J connectivity index is 7.28. The molecule has 0 N–H and O–H groups in total. The molecule has 0 bridgehead atoms. The zero-order valence-electron chi connectivity index (χ0n) is 15.8. The Kier molecular flexibility index (Phi) is 8.31. The standard InChI is InChI=1S/C13H2ClF21O2/c1-2(14)3(36)37-11(29,13(33,34)35)9(25,26)7(21,22)5(17,18)4(15,16)6(19,20)8(23,24)10(27,28)12(30,31)32/h1H2. The topological polar surface area (TPSA) is 26.3 Å². The van der Waals surface area contributed by atoms with Gasteiger partial charge >= 0.3 is 65.6 Å². The largest absolute Gasteiger partial charge is 0.467 e. The molecule has 220 valence electrons. The van der Waals surface area contributed by atoms with Crippen LogP contribution in [0.2, 0.25) is 0 Å². The van der Waals surface area contributed by atoms with Crippen molar-refractivity contribution >= 4 is 17.6 Å². The third-order valence-corrected chi connectivity index (χ3v) is 4.10. The van der Waals surface area contributed by atoms with Gasteiger partial charge in [0, 0.05) is 0 Å². The van der Waals surface area contributed by atoms with Crippen molar-refractivity contribution in [1.29, 1.82) is 0 Å². The van der Waals surface area contributed by atoms with E-state index in [0.29, 0.717) is 0 Å². The number of carbonyl (C=O) groups is 1. The maximum absolute atomic E-state index is 13.9. The average molecular weight is 625 g/mol. The summed E-state index contributed by atoms with van der Waals surface area (Å²) in [5.41, 5.74) is 0. The van der Waals surface area contributed by atoms with Crippen molar-refractivity contribution in [3.8, 4) is 0 Å². The van der Waals surface area contributed by atoms with Crippen molar-refractivity contribution in [2.24, 2.45) is 0 Å². The molecule has 0 amide bonds. The van der Waals surface area contributed by atoms with Crippen LogP contribution in [0.5, 0.6) is 0 Å². The predicted molar refractivity (Wildman–Crippen MR) is 71.7 cm³/mol. The first-order valence-corrected chi connectivity index (χ1v) is 8.00. The van der Waals surface area contributed by atoms with Crippen LogP contribution in [-0.4, -0.2) is 65.6 Å². The summed E-state index contributed by atoms with van der Waals surface area (Å²) in [6, 6.07) is 0. The van der Waals surface area contributed by atoms with E-state index < -0.39 is 70.7 Å². The van der Waals surface area contributed by atoms with Gasteiger partial charge in [0.25, 0.3) is 0 Å². The second-order valence-corrected chi connectivity index (χ2v) is 6.86. The lowest BCUT2D eigenvalue weighted by Gasteiger charge is -2.44. The zero-order chi connectivity index (χ0) is 30.9. The van der Waals surface area contributed by atoms with E-state index in [1.165, 1.54) is 0 Å². The van der Waals surface area contributed by atoms with E-state index in [2.05, 4.69) is 22.9 Å². The highest BCUT2D eigenvalue weighted by atomic mass is 35.5. The van der Waals surface area contributed by atoms with Crippen LogP contribution in [0.1, 0.15) is 0 Å². The molecule has 0 rings (SSSR count). The summed E-state index contributed by atoms with van der Waals surface area (Å²) in [7, 11) is 0. The fourth-order valence-corrected chi connectivity index (χ4v) is 1.89. The molecule has 0 saturated heterocycles. The van der Waals surface area contributed by atoms with Crippen molar-refractivity contribution in [3.05, 3.63) is 11.6 Å². The molecule has 0 aliphatic rings. The van der Waals surface area contributed by atoms with Gasteiger partial charge in [-0.1, -0.05) is 18.2 Å². The minimum Gasteiger partial charge on any atom is -0.410 e. The Hall–Kier alpha value is -1.97. The molecule has 0 spiro atoms. The van der Waals surface area contributed by atoms with E-state index in [0.717, 1.165) is 0 Å². The van der Waals surface area contributed by atoms with Gasteiger partial charge in [-0.3, -0.25) is 0 Å². The van der Waals surface area contributed by atoms with Crippen LogP contribution in [0.15, 0.2) is 11.6 Å². The Morgan fingerprint density at radius 1 is 0.459 bits per heavy atom. The molecule has 0 aromatic carbocycles. The van der Waals surface area contributed by atoms with Gasteiger partial charge < -0.3 is 4.74 Å². The number of carbonyl (C=O) groups excluding carboxylic acids is 1. The molecule has 37 heavy (non-hydrogen) atoms. The summed E-state index contributed by atoms with van der Waals surface area (Å²) in [6.07, 6.45) is -16.0. The predicted octanol–water partition coefficient (Wildman–Crippen LogP) is 7.52. The molecule has 0 radical (unpaired) electrons. The van der Waals surface area contributed by atoms with E-state index >= 15 is 0 Å². The average Bonchev–Trinajstić information content (AvgIpc) is 2.64. The first kappa shape index (κ1) is 35.0. The highest BCUT2D eigenvalue weighted by molar-refractivity contribution is 6.40. The summed E-state index contributed by atoms with van der Waals surface area (Å²) in [5, 5.41) is -2.15. The summed E-state index contributed by atoms with van der Waals surface area (Å²) < 4.78 is 277. The van der Waals surface area contributed by atoms with Gasteiger partial charge in [-0.25, -0.2) is 4.79 Å². The van der Waals surface area contributed by atoms with Gasteiger partial charge in [0.2, 0.25) is 0 Å². The molecule has 0 aromatic rings. The third-order valence-electron chi connectivity index (χ3n) is 3.95. The van der Waals surface area contributed by atoms with Crippen LogP contribution >= 0.6 is 11.6 Å². The Morgan fingerprint density at radius 3 is 0.919 bits per heavy atom. The minimum absolute atomic E-state index is 2.07. The smallest absolute Gasteiger partial charge is 0.410 e. The van der Waals surface area contributed by atoms with Gasteiger partial charge in [0.15, 0.2) is 0 Å². The van der Waals surface area contributed by atoms with Crippen LogP contribution in [-0.2, 0) is 9.53 Å². The van der Waals surface area contributed by atoms with Crippen LogP contribution in [0.4, 0.5) is 92.2 Å². The molecule has 0 aliphatic carbocycles. The fraction of sp³-hybridized carbons (Fsp3) is 0.769. The van der Waals surface area contributed by atoms with E-state index in [-0.39, 0.29) is 0 Å². The van der Waals surface area contributed by atoms with Gasteiger partial charge in [-0.2, -0.15) is 92.2 Å². The second-order valence-electron chi connectivity index (χ2n) is 6.41. The monoisotopic (exact) mass is 624 g/mol. The maximum atomic E-state index is 13.9. The summed E-state index contributed by atoms with van der Waals surface area (Å²) >= 11 is 4.45. The zero-order valence-corrected chi connectivity index (χ0v) is 16.6. The number of rotatable bonds is 9. The second kappa shape index (κ2) is 8.78. The Labute approximate surface area is 191 Å². The first-order chi connectivity index (χ1) is 15.6. The molecule has 0 saturated carbocycles. The van der Waals surface area contributed by atoms with E-state index in [1.54, 1.807) is 0 Å². The van der Waals surface area contributed by atoms with Crippen molar-refractivity contribution in [2.45, 2.75) is 59.7 Å². The van der Waals surface area contributed by atoms with Crippen LogP contribution in [0.3, 0.4) is 0 Å². The maximum Gasteiger partial charge on any atom is 0.467 e. The van der Waals surface area contributed by atoms with Gasteiger partial charge in [-0.15, -0.1) is 0 Å². The lowest BCUT2D eigenvalue weighted by Crippen LogP contribution is -2.77. The van der Waals surface area contributed by atoms with Crippen LogP contribution in [0, 0.1) is 0 Å². The lowest BCUT2D eigenvalue weighted by atomic mass is 9.87. The summed E-state index contributed by atoms with van der Waals surface area (Å²) in [4.78, 5) is 10.8. The number of hydrogen-bond acceptors (Lipinski definition) is 2. The molecule has 0 aliphatic heterocycles. The highest BCUT2D eigenvalue weighted by Crippen LogP contribution is 2.66. The Morgan fingerprint density at radius 2 is 0.703 bits per heavy atom. The van der Waals surface area contributed by atoms with Crippen LogP contribution < -0.4 is 0 Å². The highest BCUT2D eigenvalue weighted by Gasteiger charge is 2.98. The van der Waals surface area contributed by atoms with Crippen LogP contribution in [0.25, 0.3) is 0 Å². The molecule has 2 nitrogen and oxygen atoms in total. The van der Waals surface area contributed by atoms with Crippen molar-refractivity contribution in [1.82, 2.24) is 0 Å². The van der Waals surface area contributed by atoms with E-state index in [4.69, 9.17) is 0 Å². The Bertz CT molecular complexity index is 899. The third kappa shape index (κ3) is 4.51. The molecular formula is C13H2ClF21O2. The fourth-order valence-electron chi connectivity index (χ4n) is 1.85. The number of hydrogen-bond donors (Lipinski definition) is 0. The number of halogens is 22. The number of alkyl halides is 21. The van der Waals surface area contributed by atoms with Crippen molar-refractivity contribution in [2.75, 3.05) is 0 Å². The molecule has 1 atom stereocenters. The molecule has 1 unspecified atom stereocenters. The van der Waals surface area contributed by atoms with E-state index in [1.807, 2.05) is 0 Å². The normalized spacial score (nSPS) is 17.4. The van der Waals surface area contributed by atoms with Gasteiger partial charge in [-0.05, 0) is 0 Å². The van der Waals surface area contributed by atoms with Gasteiger partial charge in [0.05, 0.1) is 0 Å². The minimum atomic E-state index is -9.28. The van der Waals surface area contributed by atoms with Gasteiger partial charge in [0.1, 0.15) is 5.03 Å². The SMILES string of the molecule is C=C(Cl)C(=O)OC(F)(C(F)(F)F)C(F)(F)C(F)(F)C(F)(F)C(F)(F)C(F)(F)C(F)(F)C(F)(F)C(F)(F)F. The van der Waals surface area contributed by atoms with Crippen molar-refractivity contribution < 1.29 is 102 Å². The van der Waals surface area contributed by atoms with Crippen molar-refractivity contribution in [3.63, 3.8) is 0 Å². The summed E-state index contributed by atoms with van der Waals surface area (Å²) in [6.45, 7) is 2.07. The van der Waals surface area contributed by atoms with E-state index in [9.17, 15) is 97.0 Å². The number of esters is 1. The number of ether oxygens (including phenoxy) is 1. The molecule has 24 heteroatoms. The summed E-state index contributed by atoms with van der Waals surface area (Å²) in [5.74, 6) is -74.4. The quantitative estimate of drug-likeness (QED) is 0.151. The molecule has 0 fully saturated rings. The molecule has 0 heterocycles. The molecular weight excluding hydrogens is 623 g/mol. The lowest BCUT2D eigenvalue weighted by molar-refractivity contribution is -0.484. The first-order valence-electron chi connectivity index (χ1n) is 7.62.